The van der Waals surface area contributed by atoms with E-state index in [9.17, 15) is 0 Å². The van der Waals surface area contributed by atoms with Crippen LogP contribution in [0.2, 0.25) is 0 Å². The van der Waals surface area contributed by atoms with Gasteiger partial charge in [-0.1, -0.05) is 0 Å². The Labute approximate surface area is 89.3 Å². The molecule has 0 aromatic carbocycles. The van der Waals surface area contributed by atoms with Crippen molar-refractivity contribution in [1.29, 1.82) is 0 Å². The monoisotopic (exact) mass is 211 g/mol. The number of hydrogen-bond acceptors (Lipinski definition) is 4. The van der Waals surface area contributed by atoms with E-state index < -0.39 is 0 Å². The van der Waals surface area contributed by atoms with Gasteiger partial charge in [0, 0.05) is 6.54 Å². The van der Waals surface area contributed by atoms with E-state index in [0.717, 1.165) is 18.6 Å². The van der Waals surface area contributed by atoms with Gasteiger partial charge in [-0.15, -0.1) is 0 Å². The van der Waals surface area contributed by atoms with Crippen molar-refractivity contribution in [3.05, 3.63) is 24.2 Å². The standard InChI is InChI=1S/C11H17NO3/c12-6-9-3-4-11(15-9)8-13-7-10-2-1-5-14-10/h1-2,5,9,11H,3-4,6-8,12H2. The van der Waals surface area contributed by atoms with Gasteiger partial charge in [0.05, 0.1) is 25.1 Å². The van der Waals surface area contributed by atoms with E-state index in [1.807, 2.05) is 12.1 Å². The van der Waals surface area contributed by atoms with Gasteiger partial charge in [-0.05, 0) is 25.0 Å². The van der Waals surface area contributed by atoms with Gasteiger partial charge in [0.2, 0.25) is 0 Å². The maximum atomic E-state index is 5.65. The highest BCUT2D eigenvalue weighted by atomic mass is 16.5. The lowest BCUT2D eigenvalue weighted by Gasteiger charge is -2.11. The average Bonchev–Trinajstić information content (AvgIpc) is 2.88. The molecule has 1 aromatic heterocycles. The van der Waals surface area contributed by atoms with Crippen LogP contribution in [0.1, 0.15) is 18.6 Å². The van der Waals surface area contributed by atoms with Crippen molar-refractivity contribution in [2.75, 3.05) is 13.2 Å². The van der Waals surface area contributed by atoms with E-state index >= 15 is 0 Å². The molecule has 4 nitrogen and oxygen atoms in total. The van der Waals surface area contributed by atoms with Crippen molar-refractivity contribution in [2.24, 2.45) is 5.73 Å². The Hall–Kier alpha value is -0.840. The van der Waals surface area contributed by atoms with E-state index in [0.29, 0.717) is 19.8 Å². The highest BCUT2D eigenvalue weighted by molar-refractivity contribution is 4.96. The third-order valence-corrected chi connectivity index (χ3v) is 2.59. The third-order valence-electron chi connectivity index (χ3n) is 2.59. The van der Waals surface area contributed by atoms with Gasteiger partial charge in [-0.3, -0.25) is 0 Å². The molecule has 1 aromatic rings. The van der Waals surface area contributed by atoms with Gasteiger partial charge in [0.15, 0.2) is 0 Å². The molecule has 0 radical (unpaired) electrons. The molecule has 0 bridgehead atoms. The van der Waals surface area contributed by atoms with Crippen LogP contribution >= 0.6 is 0 Å². The van der Waals surface area contributed by atoms with E-state index in [1.165, 1.54) is 0 Å². The SMILES string of the molecule is NCC1CCC(COCc2ccco2)O1. The minimum atomic E-state index is 0.202. The van der Waals surface area contributed by atoms with Crippen molar-refractivity contribution in [3.63, 3.8) is 0 Å². The topological polar surface area (TPSA) is 57.6 Å². The fraction of sp³-hybridized carbons (Fsp3) is 0.636. The maximum absolute atomic E-state index is 5.65. The summed E-state index contributed by atoms with van der Waals surface area (Å²) in [6.07, 6.45) is 4.16. The second-order valence-electron chi connectivity index (χ2n) is 3.79. The molecule has 15 heavy (non-hydrogen) atoms. The van der Waals surface area contributed by atoms with Crippen molar-refractivity contribution in [2.45, 2.75) is 31.7 Å². The summed E-state index contributed by atoms with van der Waals surface area (Å²) in [7, 11) is 0. The van der Waals surface area contributed by atoms with Crippen LogP contribution in [0.3, 0.4) is 0 Å². The molecule has 1 aliphatic heterocycles. The van der Waals surface area contributed by atoms with Crippen molar-refractivity contribution in [1.82, 2.24) is 0 Å². The van der Waals surface area contributed by atoms with E-state index in [-0.39, 0.29) is 12.2 Å². The fourth-order valence-corrected chi connectivity index (χ4v) is 1.76. The quantitative estimate of drug-likeness (QED) is 0.797. The molecular weight excluding hydrogens is 194 g/mol. The number of furan rings is 1. The minimum absolute atomic E-state index is 0.202. The predicted molar refractivity (Wildman–Crippen MR) is 55.3 cm³/mol. The zero-order valence-electron chi connectivity index (χ0n) is 8.72. The summed E-state index contributed by atoms with van der Waals surface area (Å²) in [6, 6.07) is 3.76. The van der Waals surface area contributed by atoms with Crippen LogP contribution in [-0.4, -0.2) is 25.4 Å². The molecule has 0 saturated carbocycles. The molecule has 1 aliphatic rings. The van der Waals surface area contributed by atoms with Gasteiger partial charge in [-0.25, -0.2) is 0 Å². The van der Waals surface area contributed by atoms with Crippen LogP contribution < -0.4 is 5.73 Å². The molecule has 0 amide bonds. The fourth-order valence-electron chi connectivity index (χ4n) is 1.76. The molecule has 2 heterocycles. The molecule has 0 spiro atoms. The van der Waals surface area contributed by atoms with Crippen LogP contribution in [0.4, 0.5) is 0 Å². The largest absolute Gasteiger partial charge is 0.467 e. The Kier molecular flexibility index (Phi) is 3.77. The summed E-state index contributed by atoms with van der Waals surface area (Å²) >= 11 is 0. The first-order valence-corrected chi connectivity index (χ1v) is 5.34. The van der Waals surface area contributed by atoms with Gasteiger partial charge >= 0.3 is 0 Å². The highest BCUT2D eigenvalue weighted by Crippen LogP contribution is 2.19. The lowest BCUT2D eigenvalue weighted by atomic mass is 10.2. The van der Waals surface area contributed by atoms with E-state index in [4.69, 9.17) is 19.6 Å². The highest BCUT2D eigenvalue weighted by Gasteiger charge is 2.23. The van der Waals surface area contributed by atoms with Crippen LogP contribution in [0.5, 0.6) is 0 Å². The number of ether oxygens (including phenoxy) is 2. The van der Waals surface area contributed by atoms with Gasteiger partial charge in [-0.2, -0.15) is 0 Å². The third kappa shape index (κ3) is 3.06. The Bertz CT molecular complexity index is 273. The predicted octanol–water partition coefficient (Wildman–Crippen LogP) is 1.30. The summed E-state index contributed by atoms with van der Waals surface area (Å²) < 4.78 is 16.3. The van der Waals surface area contributed by atoms with Gasteiger partial charge < -0.3 is 19.6 Å². The second-order valence-corrected chi connectivity index (χ2v) is 3.79. The summed E-state index contributed by atoms with van der Waals surface area (Å²) in [4.78, 5) is 0. The Balaban J connectivity index is 1.63. The van der Waals surface area contributed by atoms with Gasteiger partial charge in [0.25, 0.3) is 0 Å². The van der Waals surface area contributed by atoms with Crippen LogP contribution in [0.25, 0.3) is 0 Å². The lowest BCUT2D eigenvalue weighted by molar-refractivity contribution is -0.0200. The molecular formula is C11H17NO3. The van der Waals surface area contributed by atoms with Crippen LogP contribution in [0, 0.1) is 0 Å². The molecule has 2 unspecified atom stereocenters. The second kappa shape index (κ2) is 5.30. The summed E-state index contributed by atoms with van der Waals surface area (Å²) in [5, 5.41) is 0. The molecule has 1 fully saturated rings. The first-order chi connectivity index (χ1) is 7.38. The van der Waals surface area contributed by atoms with Crippen molar-refractivity contribution < 1.29 is 13.9 Å². The van der Waals surface area contributed by atoms with Crippen LogP contribution in [0.15, 0.2) is 22.8 Å². The van der Waals surface area contributed by atoms with E-state index in [2.05, 4.69) is 0 Å². The molecule has 84 valence electrons. The maximum Gasteiger partial charge on any atom is 0.129 e. The first-order valence-electron chi connectivity index (χ1n) is 5.34. The zero-order valence-corrected chi connectivity index (χ0v) is 8.72. The Morgan fingerprint density at radius 2 is 2.27 bits per heavy atom. The first kappa shape index (κ1) is 10.7. The lowest BCUT2D eigenvalue weighted by Crippen LogP contribution is -2.22. The average molecular weight is 211 g/mol. The number of hydrogen-bond donors (Lipinski definition) is 1. The van der Waals surface area contributed by atoms with Crippen molar-refractivity contribution in [3.8, 4) is 0 Å². The number of rotatable bonds is 5. The summed E-state index contributed by atoms with van der Waals surface area (Å²) in [5.74, 6) is 0.850. The molecule has 1 saturated heterocycles. The summed E-state index contributed by atoms with van der Waals surface area (Å²) in [6.45, 7) is 1.74. The Morgan fingerprint density at radius 1 is 1.40 bits per heavy atom. The normalized spacial score (nSPS) is 25.9. The van der Waals surface area contributed by atoms with Crippen molar-refractivity contribution >= 4 is 0 Å². The molecule has 2 N–H and O–H groups in total. The number of nitrogens with two attached hydrogens (primary N) is 1. The minimum Gasteiger partial charge on any atom is -0.467 e. The molecule has 2 atom stereocenters. The Morgan fingerprint density at radius 3 is 2.93 bits per heavy atom. The molecule has 0 aliphatic carbocycles. The van der Waals surface area contributed by atoms with Crippen LogP contribution in [-0.2, 0) is 16.1 Å². The smallest absolute Gasteiger partial charge is 0.129 e. The van der Waals surface area contributed by atoms with E-state index in [1.54, 1.807) is 6.26 Å². The summed E-state index contributed by atoms with van der Waals surface area (Å²) in [5.41, 5.74) is 5.52. The molecule has 2 rings (SSSR count). The zero-order chi connectivity index (χ0) is 10.5. The molecule has 4 heteroatoms. The van der Waals surface area contributed by atoms with Gasteiger partial charge in [0.1, 0.15) is 12.4 Å².